The molecule has 1 heterocycles. The second kappa shape index (κ2) is 5.05. The molecule has 0 radical (unpaired) electrons. The second-order valence-corrected chi connectivity index (χ2v) is 4.24. The maximum Gasteiger partial charge on any atom is 0.417 e. The van der Waals surface area contributed by atoms with Crippen molar-refractivity contribution in [1.29, 1.82) is 0 Å². The smallest absolute Gasteiger partial charge is 0.346 e. The summed E-state index contributed by atoms with van der Waals surface area (Å²) in [4.78, 5) is 7.17. The number of hydrogen-bond acceptors (Lipinski definition) is 2. The lowest BCUT2D eigenvalue weighted by atomic mass is 10.0. The van der Waals surface area contributed by atoms with E-state index in [-0.39, 0.29) is 5.56 Å². The zero-order chi connectivity index (χ0) is 14.0. The Morgan fingerprint density at radius 3 is 2.58 bits per heavy atom. The van der Waals surface area contributed by atoms with Crippen LogP contribution in [0.25, 0.3) is 11.3 Å². The van der Waals surface area contributed by atoms with Crippen molar-refractivity contribution in [3.05, 3.63) is 41.3 Å². The number of H-pyrrole nitrogens is 1. The molecule has 0 atom stereocenters. The minimum Gasteiger partial charge on any atom is -0.346 e. The van der Waals surface area contributed by atoms with Crippen LogP contribution in [0.5, 0.6) is 0 Å². The molecule has 3 N–H and O–H groups in total. The Labute approximate surface area is 108 Å². The molecular weight excluding hydrogens is 255 g/mol. The largest absolute Gasteiger partial charge is 0.417 e. The molecule has 19 heavy (non-hydrogen) atoms. The van der Waals surface area contributed by atoms with E-state index in [1.165, 1.54) is 12.1 Å². The highest BCUT2D eigenvalue weighted by Gasteiger charge is 2.34. The molecule has 0 amide bonds. The van der Waals surface area contributed by atoms with Gasteiger partial charge in [0.2, 0.25) is 0 Å². The summed E-state index contributed by atoms with van der Waals surface area (Å²) in [6.45, 7) is 2.10. The zero-order valence-electron chi connectivity index (χ0n) is 10.4. The molecule has 0 bridgehead atoms. The highest BCUT2D eigenvalue weighted by Crippen LogP contribution is 2.37. The van der Waals surface area contributed by atoms with E-state index in [1.807, 2.05) is 0 Å². The predicted molar refractivity (Wildman–Crippen MR) is 66.5 cm³/mol. The van der Waals surface area contributed by atoms with Gasteiger partial charge in [-0.05, 0) is 19.5 Å². The van der Waals surface area contributed by atoms with Crippen LogP contribution in [0, 0.1) is 6.92 Å². The summed E-state index contributed by atoms with van der Waals surface area (Å²) in [5, 5.41) is 0. The normalized spacial score (nSPS) is 11.8. The fraction of sp³-hybridized carbons (Fsp3) is 0.308. The molecule has 0 aliphatic carbocycles. The van der Waals surface area contributed by atoms with Crippen molar-refractivity contribution in [2.75, 3.05) is 6.54 Å². The molecule has 2 aromatic rings. The van der Waals surface area contributed by atoms with Crippen molar-refractivity contribution in [2.45, 2.75) is 19.5 Å². The molecule has 2 rings (SSSR count). The van der Waals surface area contributed by atoms with Gasteiger partial charge in [0.15, 0.2) is 0 Å². The Morgan fingerprint density at radius 2 is 1.95 bits per heavy atom. The van der Waals surface area contributed by atoms with Gasteiger partial charge in [-0.3, -0.25) is 0 Å². The van der Waals surface area contributed by atoms with E-state index in [2.05, 4.69) is 9.97 Å². The van der Waals surface area contributed by atoms with E-state index in [1.54, 1.807) is 13.0 Å². The average Bonchev–Trinajstić information content (AvgIpc) is 2.70. The maximum absolute atomic E-state index is 13.0. The average molecular weight is 269 g/mol. The monoisotopic (exact) mass is 269 g/mol. The lowest BCUT2D eigenvalue weighted by molar-refractivity contribution is -0.137. The van der Waals surface area contributed by atoms with Crippen LogP contribution >= 0.6 is 0 Å². The molecular formula is C13H14F3N3. The molecule has 0 fully saturated rings. The van der Waals surface area contributed by atoms with Gasteiger partial charge in [-0.25, -0.2) is 4.98 Å². The van der Waals surface area contributed by atoms with Crippen LogP contribution in [0.3, 0.4) is 0 Å². The van der Waals surface area contributed by atoms with E-state index in [0.717, 1.165) is 6.07 Å². The van der Waals surface area contributed by atoms with Gasteiger partial charge in [-0.2, -0.15) is 13.2 Å². The van der Waals surface area contributed by atoms with Crippen molar-refractivity contribution < 1.29 is 13.2 Å². The van der Waals surface area contributed by atoms with Gasteiger partial charge < -0.3 is 10.7 Å². The number of aryl methyl sites for hydroxylation is 1. The van der Waals surface area contributed by atoms with E-state index < -0.39 is 11.7 Å². The number of hydrogen-bond donors (Lipinski definition) is 2. The Bertz CT molecular complexity index is 573. The first-order chi connectivity index (χ1) is 8.93. The summed E-state index contributed by atoms with van der Waals surface area (Å²) in [5.41, 5.74) is 5.77. The molecule has 0 aliphatic heterocycles. The number of nitrogens with two attached hydrogens (primary N) is 1. The van der Waals surface area contributed by atoms with E-state index in [9.17, 15) is 13.2 Å². The third kappa shape index (κ3) is 2.78. The van der Waals surface area contributed by atoms with Crippen LogP contribution in [0.15, 0.2) is 24.3 Å². The molecule has 0 spiro atoms. The third-order valence-electron chi connectivity index (χ3n) is 2.80. The molecule has 1 aromatic carbocycles. The lowest BCUT2D eigenvalue weighted by Gasteiger charge is -2.11. The van der Waals surface area contributed by atoms with Crippen molar-refractivity contribution in [2.24, 2.45) is 5.73 Å². The molecule has 1 aromatic heterocycles. The fourth-order valence-electron chi connectivity index (χ4n) is 1.98. The van der Waals surface area contributed by atoms with Gasteiger partial charge >= 0.3 is 6.18 Å². The molecule has 6 heteroatoms. The Morgan fingerprint density at radius 1 is 1.26 bits per heavy atom. The molecule has 0 saturated carbocycles. The third-order valence-corrected chi connectivity index (χ3v) is 2.80. The first-order valence-corrected chi connectivity index (χ1v) is 5.85. The van der Waals surface area contributed by atoms with Gasteiger partial charge in [0.25, 0.3) is 0 Å². The highest BCUT2D eigenvalue weighted by atomic mass is 19.4. The number of alkyl halides is 3. The minimum absolute atomic E-state index is 0.0898. The number of aromatic amines is 1. The number of benzene rings is 1. The fourth-order valence-corrected chi connectivity index (χ4v) is 1.98. The van der Waals surface area contributed by atoms with Crippen LogP contribution in [-0.4, -0.2) is 16.5 Å². The molecule has 0 aliphatic rings. The minimum atomic E-state index is -4.39. The van der Waals surface area contributed by atoms with Crippen molar-refractivity contribution in [3.8, 4) is 11.3 Å². The zero-order valence-corrected chi connectivity index (χ0v) is 10.4. The van der Waals surface area contributed by atoms with Gasteiger partial charge in [-0.15, -0.1) is 0 Å². The van der Waals surface area contributed by atoms with Crippen LogP contribution in [0.1, 0.15) is 17.1 Å². The van der Waals surface area contributed by atoms with Crippen molar-refractivity contribution in [1.82, 2.24) is 9.97 Å². The first kappa shape index (κ1) is 13.6. The van der Waals surface area contributed by atoms with Crippen LogP contribution < -0.4 is 5.73 Å². The SMILES string of the molecule is Cc1[nH]c(CCN)nc1-c1ccccc1C(F)(F)F. The van der Waals surface area contributed by atoms with Crippen molar-refractivity contribution in [3.63, 3.8) is 0 Å². The summed E-state index contributed by atoms with van der Waals surface area (Å²) in [6, 6.07) is 5.43. The van der Waals surface area contributed by atoms with Crippen molar-refractivity contribution >= 4 is 0 Å². The number of halogens is 3. The van der Waals surface area contributed by atoms with Gasteiger partial charge in [0.05, 0.1) is 11.3 Å². The number of imidazole rings is 1. The van der Waals surface area contributed by atoms with Gasteiger partial charge in [0.1, 0.15) is 5.82 Å². The van der Waals surface area contributed by atoms with Crippen LogP contribution in [0.2, 0.25) is 0 Å². The Kier molecular flexibility index (Phi) is 3.61. The highest BCUT2D eigenvalue weighted by molar-refractivity contribution is 5.66. The topological polar surface area (TPSA) is 54.7 Å². The van der Waals surface area contributed by atoms with Gasteiger partial charge in [-0.1, -0.05) is 18.2 Å². The number of rotatable bonds is 3. The van der Waals surface area contributed by atoms with E-state index >= 15 is 0 Å². The summed E-state index contributed by atoms with van der Waals surface area (Å²) in [5.74, 6) is 0.604. The first-order valence-electron chi connectivity index (χ1n) is 5.85. The Hall–Kier alpha value is -1.82. The molecule has 102 valence electrons. The second-order valence-electron chi connectivity index (χ2n) is 4.24. The standard InChI is InChI=1S/C13H14F3N3/c1-8-12(19-11(18-8)6-7-17)9-4-2-3-5-10(9)13(14,15)16/h2-5H,6-7,17H2,1H3,(H,18,19). The van der Waals surface area contributed by atoms with E-state index in [4.69, 9.17) is 5.73 Å². The molecule has 0 unspecified atom stereocenters. The Balaban J connectivity index is 2.53. The number of aromatic nitrogens is 2. The summed E-state index contributed by atoms with van der Waals surface area (Å²) in [7, 11) is 0. The van der Waals surface area contributed by atoms with Gasteiger partial charge in [0, 0.05) is 17.7 Å². The predicted octanol–water partition coefficient (Wildman–Crippen LogP) is 2.91. The quantitative estimate of drug-likeness (QED) is 0.900. The maximum atomic E-state index is 13.0. The summed E-state index contributed by atoms with van der Waals surface area (Å²) >= 11 is 0. The number of nitrogens with one attached hydrogen (secondary N) is 1. The summed E-state index contributed by atoms with van der Waals surface area (Å²) < 4.78 is 38.9. The summed E-state index contributed by atoms with van der Waals surface area (Å²) in [6.07, 6.45) is -3.88. The lowest BCUT2D eigenvalue weighted by Crippen LogP contribution is -2.07. The molecule has 0 saturated heterocycles. The molecule has 3 nitrogen and oxygen atoms in total. The number of nitrogens with zero attached hydrogens (tertiary/aromatic N) is 1. The van der Waals surface area contributed by atoms with Crippen LogP contribution in [0.4, 0.5) is 13.2 Å². The van der Waals surface area contributed by atoms with Crippen LogP contribution in [-0.2, 0) is 12.6 Å². The van der Waals surface area contributed by atoms with E-state index in [0.29, 0.717) is 30.2 Å².